The van der Waals surface area contributed by atoms with E-state index in [2.05, 4.69) is 29.2 Å². The maximum absolute atomic E-state index is 12.7. The molecule has 2 N–H and O–H groups in total. The fraction of sp³-hybridized carbons (Fsp3) is 0.611. The molecule has 2 fully saturated rings. The highest BCUT2D eigenvalue weighted by atomic mass is 35.5. The first-order valence-electron chi connectivity index (χ1n) is 8.60. The molecule has 2 saturated heterocycles. The number of nitrogens with two attached hydrogens (primary N) is 1. The first kappa shape index (κ1) is 22.2. The average Bonchev–Trinajstić information content (AvgIpc) is 2.61. The molecule has 1 amide bonds. The van der Waals surface area contributed by atoms with Crippen molar-refractivity contribution in [2.75, 3.05) is 45.9 Å². The second kappa shape index (κ2) is 10.3. The van der Waals surface area contributed by atoms with E-state index in [0.717, 1.165) is 39.1 Å². The summed E-state index contributed by atoms with van der Waals surface area (Å²) in [6.45, 7) is 5.68. The number of amides is 1. The van der Waals surface area contributed by atoms with Gasteiger partial charge >= 0.3 is 0 Å². The highest BCUT2D eigenvalue weighted by Crippen LogP contribution is 2.21. The number of hydrogen-bond donors (Lipinski definition) is 1. The van der Waals surface area contributed by atoms with Crippen LogP contribution in [0.25, 0.3) is 0 Å². The molecular formula is C18H29Cl2N3O2. The summed E-state index contributed by atoms with van der Waals surface area (Å²) in [7, 11) is 0. The number of benzene rings is 1. The predicted molar refractivity (Wildman–Crippen MR) is 105 cm³/mol. The van der Waals surface area contributed by atoms with Gasteiger partial charge < -0.3 is 15.4 Å². The van der Waals surface area contributed by atoms with E-state index in [9.17, 15) is 4.79 Å². The van der Waals surface area contributed by atoms with Crippen LogP contribution in [0, 0.1) is 0 Å². The second-order valence-electron chi connectivity index (χ2n) is 6.64. The molecule has 0 atom stereocenters. The van der Waals surface area contributed by atoms with Gasteiger partial charge in [-0.3, -0.25) is 9.69 Å². The van der Waals surface area contributed by atoms with Gasteiger partial charge in [-0.25, -0.2) is 0 Å². The summed E-state index contributed by atoms with van der Waals surface area (Å²) in [5.41, 5.74) is 6.98. The maximum atomic E-state index is 12.7. The van der Waals surface area contributed by atoms with Crippen LogP contribution in [0.3, 0.4) is 0 Å². The molecule has 2 aliphatic rings. The summed E-state index contributed by atoms with van der Waals surface area (Å²) in [5, 5.41) is 0. The standard InChI is InChI=1S/C18H27N3O2.2ClH/c19-18(7-14-23-15-8-18)17(22)21-12-10-20(11-13-21)9-6-16-4-2-1-3-5-16;;/h1-5H,6-15,19H2;2*1H. The van der Waals surface area contributed by atoms with Crippen LogP contribution < -0.4 is 5.73 Å². The van der Waals surface area contributed by atoms with Gasteiger partial charge in [0, 0.05) is 45.9 Å². The molecule has 1 aromatic rings. The van der Waals surface area contributed by atoms with Crippen LogP contribution in [0.5, 0.6) is 0 Å². The zero-order valence-corrected chi connectivity index (χ0v) is 16.2. The van der Waals surface area contributed by atoms with Gasteiger partial charge in [0.25, 0.3) is 0 Å². The Labute approximate surface area is 162 Å². The van der Waals surface area contributed by atoms with Crippen molar-refractivity contribution in [3.63, 3.8) is 0 Å². The van der Waals surface area contributed by atoms with Crippen molar-refractivity contribution in [2.24, 2.45) is 5.73 Å². The van der Waals surface area contributed by atoms with Crippen molar-refractivity contribution in [1.82, 2.24) is 9.80 Å². The molecule has 25 heavy (non-hydrogen) atoms. The molecule has 0 spiro atoms. The normalized spacial score (nSPS) is 20.3. The number of piperazine rings is 1. The lowest BCUT2D eigenvalue weighted by atomic mass is 9.89. The zero-order valence-electron chi connectivity index (χ0n) is 14.6. The first-order valence-corrected chi connectivity index (χ1v) is 8.60. The molecule has 2 heterocycles. The first-order chi connectivity index (χ1) is 11.2. The maximum Gasteiger partial charge on any atom is 0.242 e. The predicted octanol–water partition coefficient (Wildman–Crippen LogP) is 1.72. The molecule has 2 aliphatic heterocycles. The second-order valence-corrected chi connectivity index (χ2v) is 6.64. The lowest BCUT2D eigenvalue weighted by molar-refractivity contribution is -0.142. The van der Waals surface area contributed by atoms with Crippen LogP contribution in [0.2, 0.25) is 0 Å². The molecule has 0 aliphatic carbocycles. The van der Waals surface area contributed by atoms with Crippen molar-refractivity contribution in [2.45, 2.75) is 24.8 Å². The molecule has 0 bridgehead atoms. The van der Waals surface area contributed by atoms with Crippen LogP contribution in [-0.4, -0.2) is 67.2 Å². The lowest BCUT2D eigenvalue weighted by Crippen LogP contribution is -2.61. The SMILES string of the molecule is Cl.Cl.NC1(C(=O)N2CCN(CCc3ccccc3)CC2)CCOCC1. The molecule has 0 aromatic heterocycles. The summed E-state index contributed by atoms with van der Waals surface area (Å²) in [6.07, 6.45) is 2.34. The van der Waals surface area contributed by atoms with Crippen molar-refractivity contribution >= 4 is 30.7 Å². The van der Waals surface area contributed by atoms with Crippen LogP contribution in [0.15, 0.2) is 30.3 Å². The van der Waals surface area contributed by atoms with E-state index in [1.807, 2.05) is 11.0 Å². The van der Waals surface area contributed by atoms with Crippen molar-refractivity contribution in [3.05, 3.63) is 35.9 Å². The minimum atomic E-state index is -0.704. The fourth-order valence-corrected chi connectivity index (χ4v) is 3.37. The highest BCUT2D eigenvalue weighted by Gasteiger charge is 2.39. The van der Waals surface area contributed by atoms with E-state index < -0.39 is 5.54 Å². The van der Waals surface area contributed by atoms with Crippen LogP contribution in [0.1, 0.15) is 18.4 Å². The Morgan fingerprint density at radius 1 is 1.04 bits per heavy atom. The third kappa shape index (κ3) is 5.83. The Bertz CT molecular complexity index is 516. The van der Waals surface area contributed by atoms with Crippen molar-refractivity contribution < 1.29 is 9.53 Å². The minimum absolute atomic E-state index is 0. The van der Waals surface area contributed by atoms with Crippen LogP contribution in [-0.2, 0) is 16.0 Å². The molecular weight excluding hydrogens is 361 g/mol. The van der Waals surface area contributed by atoms with Gasteiger partial charge in [-0.15, -0.1) is 24.8 Å². The number of hydrogen-bond acceptors (Lipinski definition) is 4. The van der Waals surface area contributed by atoms with E-state index >= 15 is 0 Å². The molecule has 1 aromatic carbocycles. The van der Waals surface area contributed by atoms with E-state index in [0.29, 0.717) is 26.1 Å². The molecule has 7 heteroatoms. The van der Waals surface area contributed by atoms with E-state index in [1.165, 1.54) is 5.56 Å². The largest absolute Gasteiger partial charge is 0.381 e. The number of ether oxygens (including phenoxy) is 1. The van der Waals surface area contributed by atoms with Gasteiger partial charge in [-0.2, -0.15) is 0 Å². The quantitative estimate of drug-likeness (QED) is 0.851. The van der Waals surface area contributed by atoms with Crippen LogP contribution in [0.4, 0.5) is 0 Å². The number of carbonyl (C=O) groups excluding carboxylic acids is 1. The number of halogens is 2. The Kier molecular flexibility index (Phi) is 9.17. The van der Waals surface area contributed by atoms with E-state index in [-0.39, 0.29) is 30.7 Å². The smallest absolute Gasteiger partial charge is 0.242 e. The summed E-state index contributed by atoms with van der Waals surface area (Å²) in [5.74, 6) is 0.114. The third-order valence-electron chi connectivity index (χ3n) is 5.03. The Morgan fingerprint density at radius 3 is 2.24 bits per heavy atom. The fourth-order valence-electron chi connectivity index (χ4n) is 3.37. The molecule has 5 nitrogen and oxygen atoms in total. The van der Waals surface area contributed by atoms with Crippen molar-refractivity contribution in [3.8, 4) is 0 Å². The molecule has 0 saturated carbocycles. The highest BCUT2D eigenvalue weighted by molar-refractivity contribution is 5.86. The number of nitrogens with zero attached hydrogens (tertiary/aromatic N) is 2. The molecule has 3 rings (SSSR count). The number of carbonyl (C=O) groups is 1. The Morgan fingerprint density at radius 2 is 1.64 bits per heavy atom. The van der Waals surface area contributed by atoms with Gasteiger partial charge in [-0.1, -0.05) is 30.3 Å². The summed E-state index contributed by atoms with van der Waals surface area (Å²) < 4.78 is 5.33. The zero-order chi connectivity index (χ0) is 16.1. The minimum Gasteiger partial charge on any atom is -0.381 e. The van der Waals surface area contributed by atoms with Gasteiger partial charge in [0.2, 0.25) is 5.91 Å². The van der Waals surface area contributed by atoms with Gasteiger partial charge in [0.05, 0.1) is 5.54 Å². The third-order valence-corrected chi connectivity index (χ3v) is 5.03. The monoisotopic (exact) mass is 389 g/mol. The average molecular weight is 390 g/mol. The van der Waals surface area contributed by atoms with Gasteiger partial charge in [-0.05, 0) is 24.8 Å². The van der Waals surface area contributed by atoms with Crippen LogP contribution >= 0.6 is 24.8 Å². The van der Waals surface area contributed by atoms with Crippen molar-refractivity contribution in [1.29, 1.82) is 0 Å². The molecule has 142 valence electrons. The molecule has 0 unspecified atom stereocenters. The lowest BCUT2D eigenvalue weighted by Gasteiger charge is -2.41. The van der Waals surface area contributed by atoms with E-state index in [4.69, 9.17) is 10.5 Å². The Hall–Kier alpha value is -0.850. The number of rotatable bonds is 4. The van der Waals surface area contributed by atoms with Gasteiger partial charge in [0.1, 0.15) is 0 Å². The van der Waals surface area contributed by atoms with E-state index in [1.54, 1.807) is 0 Å². The Balaban J connectivity index is 0.00000156. The topological polar surface area (TPSA) is 58.8 Å². The summed E-state index contributed by atoms with van der Waals surface area (Å²) in [6, 6.07) is 10.6. The summed E-state index contributed by atoms with van der Waals surface area (Å²) >= 11 is 0. The van der Waals surface area contributed by atoms with Gasteiger partial charge in [0.15, 0.2) is 0 Å². The molecule has 0 radical (unpaired) electrons. The summed E-state index contributed by atoms with van der Waals surface area (Å²) in [4.78, 5) is 17.1.